The molecule has 0 unspecified atom stereocenters. The van der Waals surface area contributed by atoms with Gasteiger partial charge in [0, 0.05) is 37.8 Å². The summed E-state index contributed by atoms with van der Waals surface area (Å²) in [6.07, 6.45) is 0. The van der Waals surface area contributed by atoms with Gasteiger partial charge in [-0.15, -0.1) is 0 Å². The monoisotopic (exact) mass is 380 g/mol. The van der Waals surface area contributed by atoms with E-state index in [0.29, 0.717) is 24.7 Å². The predicted molar refractivity (Wildman–Crippen MR) is 107 cm³/mol. The molecule has 0 radical (unpaired) electrons. The number of hydrogen-bond donors (Lipinski definition) is 2. The highest BCUT2D eigenvalue weighted by Gasteiger charge is 2.24. The molecule has 1 saturated heterocycles. The number of nitrogens with one attached hydrogen (secondary N) is 2. The van der Waals surface area contributed by atoms with Crippen LogP contribution in [0.4, 0.5) is 17.3 Å². The van der Waals surface area contributed by atoms with Crippen molar-refractivity contribution in [3.05, 3.63) is 58.1 Å². The molecule has 1 fully saturated rings. The minimum Gasteiger partial charge on any atom is -0.363 e. The fourth-order valence-electron chi connectivity index (χ4n) is 3.32. The first-order chi connectivity index (χ1) is 13.5. The van der Waals surface area contributed by atoms with Crippen LogP contribution in [-0.2, 0) is 0 Å². The van der Waals surface area contributed by atoms with Crippen molar-refractivity contribution in [2.75, 3.05) is 43.4 Å². The van der Waals surface area contributed by atoms with Gasteiger partial charge in [0.1, 0.15) is 5.69 Å². The third-order valence-corrected chi connectivity index (χ3v) is 4.90. The molecule has 0 spiro atoms. The van der Waals surface area contributed by atoms with E-state index in [1.54, 1.807) is 12.1 Å². The Hall–Kier alpha value is -3.46. The standard InChI is InChI=1S/C19H20N6O3/c1-23-8-10-24(11-9-23)16-7-6-13(12-17(16)25(27)28)18(26)22-19-20-14-4-2-3-5-15(14)21-19/h2-7,12H,8-11H2,1H3,(H2,20,21,22,26). The van der Waals surface area contributed by atoms with Crippen molar-refractivity contribution in [2.45, 2.75) is 0 Å². The van der Waals surface area contributed by atoms with Crippen LogP contribution >= 0.6 is 0 Å². The van der Waals surface area contributed by atoms with Crippen molar-refractivity contribution in [3.8, 4) is 0 Å². The number of rotatable bonds is 4. The number of aromatic amines is 1. The summed E-state index contributed by atoms with van der Waals surface area (Å²) in [5.41, 5.74) is 2.22. The number of likely N-dealkylation sites (N-methyl/N-ethyl adjacent to an activating group) is 1. The van der Waals surface area contributed by atoms with Gasteiger partial charge in [-0.1, -0.05) is 12.1 Å². The number of benzene rings is 2. The number of para-hydroxylation sites is 2. The minimum atomic E-state index is -0.452. The number of nitro groups is 1. The van der Waals surface area contributed by atoms with Crippen LogP contribution in [0.3, 0.4) is 0 Å². The van der Waals surface area contributed by atoms with Crippen molar-refractivity contribution in [1.82, 2.24) is 14.9 Å². The number of anilines is 2. The molecule has 2 heterocycles. The molecule has 144 valence electrons. The molecule has 2 aromatic carbocycles. The van der Waals surface area contributed by atoms with E-state index < -0.39 is 10.8 Å². The first-order valence-corrected chi connectivity index (χ1v) is 8.99. The molecule has 1 aliphatic rings. The SMILES string of the molecule is CN1CCN(c2ccc(C(=O)Nc3nc4ccccc4[nH]3)cc2[N+](=O)[O-])CC1. The summed E-state index contributed by atoms with van der Waals surface area (Å²) in [6.45, 7) is 3.10. The summed E-state index contributed by atoms with van der Waals surface area (Å²) in [5, 5.41) is 14.3. The topological polar surface area (TPSA) is 107 Å². The fourth-order valence-corrected chi connectivity index (χ4v) is 3.32. The normalized spacial score (nSPS) is 15.0. The molecule has 0 atom stereocenters. The lowest BCUT2D eigenvalue weighted by Crippen LogP contribution is -2.44. The second kappa shape index (κ2) is 7.28. The van der Waals surface area contributed by atoms with Crippen molar-refractivity contribution >= 4 is 34.3 Å². The Morgan fingerprint density at radius 2 is 1.93 bits per heavy atom. The minimum absolute atomic E-state index is 0.0678. The van der Waals surface area contributed by atoms with Crippen LogP contribution < -0.4 is 10.2 Å². The van der Waals surface area contributed by atoms with E-state index in [2.05, 4.69) is 20.2 Å². The van der Waals surface area contributed by atoms with E-state index in [1.807, 2.05) is 36.2 Å². The number of piperazine rings is 1. The average Bonchev–Trinajstić information content (AvgIpc) is 3.10. The van der Waals surface area contributed by atoms with E-state index >= 15 is 0 Å². The number of aromatic nitrogens is 2. The molecule has 9 heteroatoms. The highest BCUT2D eigenvalue weighted by molar-refractivity contribution is 6.04. The summed E-state index contributed by atoms with van der Waals surface area (Å²) in [4.78, 5) is 35.2. The number of H-pyrrole nitrogens is 1. The number of imidazole rings is 1. The first kappa shape index (κ1) is 17.9. The molecular weight excluding hydrogens is 360 g/mol. The molecule has 2 N–H and O–H groups in total. The van der Waals surface area contributed by atoms with Crippen LogP contribution in [0.15, 0.2) is 42.5 Å². The lowest BCUT2D eigenvalue weighted by Gasteiger charge is -2.33. The lowest BCUT2D eigenvalue weighted by atomic mass is 10.1. The number of carbonyl (C=O) groups excluding carboxylic acids is 1. The number of nitro benzene ring substituents is 1. The van der Waals surface area contributed by atoms with Gasteiger partial charge in [-0.05, 0) is 31.3 Å². The first-order valence-electron chi connectivity index (χ1n) is 8.99. The largest absolute Gasteiger partial charge is 0.363 e. The van der Waals surface area contributed by atoms with Gasteiger partial charge in [0.2, 0.25) is 5.95 Å². The summed E-state index contributed by atoms with van der Waals surface area (Å²) in [6, 6.07) is 12.0. The Morgan fingerprint density at radius 1 is 1.18 bits per heavy atom. The van der Waals surface area contributed by atoms with Gasteiger partial charge in [0.15, 0.2) is 0 Å². The number of fused-ring (bicyclic) bond motifs is 1. The molecule has 9 nitrogen and oxygen atoms in total. The smallest absolute Gasteiger partial charge is 0.293 e. The van der Waals surface area contributed by atoms with E-state index in [0.717, 1.165) is 24.1 Å². The molecular formula is C19H20N6O3. The van der Waals surface area contributed by atoms with Gasteiger partial charge in [-0.25, -0.2) is 4.98 Å². The van der Waals surface area contributed by atoms with Crippen LogP contribution in [0.5, 0.6) is 0 Å². The maximum absolute atomic E-state index is 12.6. The molecule has 1 aromatic heterocycles. The van der Waals surface area contributed by atoms with Gasteiger partial charge in [-0.2, -0.15) is 0 Å². The van der Waals surface area contributed by atoms with E-state index in [1.165, 1.54) is 6.07 Å². The quantitative estimate of drug-likeness (QED) is 0.532. The molecule has 1 aliphatic heterocycles. The second-order valence-corrected chi connectivity index (χ2v) is 6.81. The lowest BCUT2D eigenvalue weighted by molar-refractivity contribution is -0.384. The highest BCUT2D eigenvalue weighted by Crippen LogP contribution is 2.30. The Bertz CT molecular complexity index is 1010. The van der Waals surface area contributed by atoms with Crippen LogP contribution in [0, 0.1) is 10.1 Å². The Labute approximate surface area is 161 Å². The molecule has 3 aromatic rings. The summed E-state index contributed by atoms with van der Waals surface area (Å²) in [7, 11) is 2.03. The van der Waals surface area contributed by atoms with Crippen molar-refractivity contribution in [3.63, 3.8) is 0 Å². The number of nitrogens with zero attached hydrogens (tertiary/aromatic N) is 4. The second-order valence-electron chi connectivity index (χ2n) is 6.81. The van der Waals surface area contributed by atoms with Gasteiger partial charge in [0.05, 0.1) is 16.0 Å². The molecule has 4 rings (SSSR count). The summed E-state index contributed by atoms with van der Waals surface area (Å²) < 4.78 is 0. The molecule has 0 aliphatic carbocycles. The van der Waals surface area contributed by atoms with Crippen LogP contribution in [0.25, 0.3) is 11.0 Å². The van der Waals surface area contributed by atoms with Gasteiger partial charge < -0.3 is 14.8 Å². The highest BCUT2D eigenvalue weighted by atomic mass is 16.6. The zero-order chi connectivity index (χ0) is 19.7. The summed E-state index contributed by atoms with van der Waals surface area (Å²) >= 11 is 0. The molecule has 1 amide bonds. The maximum atomic E-state index is 12.6. The predicted octanol–water partition coefficient (Wildman–Crippen LogP) is 2.48. The van der Waals surface area contributed by atoms with E-state index in [4.69, 9.17) is 0 Å². The maximum Gasteiger partial charge on any atom is 0.293 e. The summed E-state index contributed by atoms with van der Waals surface area (Å²) in [5.74, 6) is -0.149. The van der Waals surface area contributed by atoms with Crippen molar-refractivity contribution < 1.29 is 9.72 Å². The van der Waals surface area contributed by atoms with Gasteiger partial charge in [-0.3, -0.25) is 20.2 Å². The average molecular weight is 380 g/mol. The Morgan fingerprint density at radius 3 is 2.64 bits per heavy atom. The molecule has 28 heavy (non-hydrogen) atoms. The zero-order valence-electron chi connectivity index (χ0n) is 15.4. The van der Waals surface area contributed by atoms with Crippen molar-refractivity contribution in [1.29, 1.82) is 0 Å². The number of amides is 1. The number of carbonyl (C=O) groups is 1. The van der Waals surface area contributed by atoms with Gasteiger partial charge in [0.25, 0.3) is 11.6 Å². The fraction of sp³-hybridized carbons (Fsp3) is 0.263. The Balaban J connectivity index is 1.57. The van der Waals surface area contributed by atoms with E-state index in [-0.39, 0.29) is 11.3 Å². The molecule has 0 bridgehead atoms. The van der Waals surface area contributed by atoms with Gasteiger partial charge >= 0.3 is 0 Å². The van der Waals surface area contributed by atoms with Crippen molar-refractivity contribution in [2.24, 2.45) is 0 Å². The molecule has 0 saturated carbocycles. The van der Waals surface area contributed by atoms with E-state index in [9.17, 15) is 14.9 Å². The zero-order valence-corrected chi connectivity index (χ0v) is 15.4. The Kier molecular flexibility index (Phi) is 4.66. The van der Waals surface area contributed by atoms with Crippen LogP contribution in [-0.4, -0.2) is 58.9 Å². The van der Waals surface area contributed by atoms with Crippen LogP contribution in [0.1, 0.15) is 10.4 Å². The third-order valence-electron chi connectivity index (χ3n) is 4.90. The van der Waals surface area contributed by atoms with Crippen LogP contribution in [0.2, 0.25) is 0 Å². The third kappa shape index (κ3) is 3.52. The number of hydrogen-bond acceptors (Lipinski definition) is 6.